The van der Waals surface area contributed by atoms with E-state index in [-0.39, 0.29) is 5.91 Å². The van der Waals surface area contributed by atoms with E-state index in [0.717, 1.165) is 27.8 Å². The first-order chi connectivity index (χ1) is 17.4. The number of benzene rings is 3. The Morgan fingerprint density at radius 1 is 0.944 bits per heavy atom. The number of nitrogens with one attached hydrogen (secondary N) is 1. The second kappa shape index (κ2) is 10.1. The molecule has 1 N–H and O–H groups in total. The molecule has 0 aliphatic carbocycles. The fourth-order valence-electron chi connectivity index (χ4n) is 3.75. The molecule has 2 heterocycles. The standard InChI is InChI=1S/C29H22Cl2N2O3/c1-17-13-25-27(14-18(17)2)36-29(33-25)20-5-3-19(4-6-20)16-32-28(34)12-9-22-8-11-26(35-22)23-10-7-21(30)15-24(23)31/h3-15H,16H2,1-2H3,(H,32,34)/b12-9+. The topological polar surface area (TPSA) is 68.3 Å². The van der Waals surface area contributed by atoms with Gasteiger partial charge in [0, 0.05) is 28.8 Å². The number of rotatable bonds is 6. The SMILES string of the molecule is Cc1cc2nc(-c3ccc(CNC(=O)/C=C/c4ccc(-c5ccc(Cl)cc5Cl)o4)cc3)oc2cc1C. The van der Waals surface area contributed by atoms with E-state index in [9.17, 15) is 4.79 Å². The van der Waals surface area contributed by atoms with Crippen LogP contribution in [0.1, 0.15) is 22.5 Å². The van der Waals surface area contributed by atoms with Crippen molar-refractivity contribution < 1.29 is 13.6 Å². The van der Waals surface area contributed by atoms with Crippen LogP contribution in [0.5, 0.6) is 0 Å². The molecule has 36 heavy (non-hydrogen) atoms. The highest BCUT2D eigenvalue weighted by molar-refractivity contribution is 6.36. The molecule has 7 heteroatoms. The van der Waals surface area contributed by atoms with Gasteiger partial charge in [0.15, 0.2) is 5.58 Å². The summed E-state index contributed by atoms with van der Waals surface area (Å²) in [6, 6.07) is 20.6. The highest BCUT2D eigenvalue weighted by Crippen LogP contribution is 2.32. The maximum Gasteiger partial charge on any atom is 0.244 e. The molecule has 0 fully saturated rings. The molecule has 180 valence electrons. The third-order valence-electron chi connectivity index (χ3n) is 5.89. The molecular formula is C29H22Cl2N2O3. The van der Waals surface area contributed by atoms with Crippen molar-refractivity contribution in [2.24, 2.45) is 0 Å². The van der Waals surface area contributed by atoms with Gasteiger partial charge >= 0.3 is 0 Å². The van der Waals surface area contributed by atoms with Crippen molar-refractivity contribution >= 4 is 46.3 Å². The van der Waals surface area contributed by atoms with Crippen molar-refractivity contribution in [1.82, 2.24) is 10.3 Å². The molecule has 0 aliphatic rings. The van der Waals surface area contributed by atoms with E-state index >= 15 is 0 Å². The summed E-state index contributed by atoms with van der Waals surface area (Å²) in [5.41, 5.74) is 6.54. The zero-order valence-corrected chi connectivity index (χ0v) is 21.2. The molecule has 0 bridgehead atoms. The molecule has 3 aromatic carbocycles. The number of carbonyl (C=O) groups is 1. The van der Waals surface area contributed by atoms with Crippen LogP contribution in [0.25, 0.3) is 40.0 Å². The van der Waals surface area contributed by atoms with Crippen molar-refractivity contribution in [3.8, 4) is 22.8 Å². The number of oxazole rings is 1. The first-order valence-corrected chi connectivity index (χ1v) is 12.1. The summed E-state index contributed by atoms with van der Waals surface area (Å²) < 4.78 is 11.7. The Hall–Kier alpha value is -3.80. The Morgan fingerprint density at radius 2 is 1.72 bits per heavy atom. The smallest absolute Gasteiger partial charge is 0.244 e. The van der Waals surface area contributed by atoms with Gasteiger partial charge in [-0.15, -0.1) is 0 Å². The van der Waals surface area contributed by atoms with Gasteiger partial charge < -0.3 is 14.2 Å². The van der Waals surface area contributed by atoms with Gasteiger partial charge in [-0.2, -0.15) is 0 Å². The van der Waals surface area contributed by atoms with Gasteiger partial charge in [0.05, 0.1) is 5.02 Å². The van der Waals surface area contributed by atoms with Crippen LogP contribution in [-0.4, -0.2) is 10.9 Å². The van der Waals surface area contributed by atoms with Gasteiger partial charge in [0.2, 0.25) is 11.8 Å². The fourth-order valence-corrected chi connectivity index (χ4v) is 4.25. The number of carbonyl (C=O) groups excluding carboxylic acids is 1. The molecule has 0 atom stereocenters. The molecule has 0 unspecified atom stereocenters. The first kappa shape index (κ1) is 23.9. The summed E-state index contributed by atoms with van der Waals surface area (Å²) in [6.07, 6.45) is 3.05. The molecule has 2 aromatic heterocycles. The minimum atomic E-state index is -0.230. The van der Waals surface area contributed by atoms with E-state index in [1.165, 1.54) is 17.2 Å². The van der Waals surface area contributed by atoms with Crippen molar-refractivity contribution in [3.05, 3.63) is 105 Å². The minimum absolute atomic E-state index is 0.230. The highest BCUT2D eigenvalue weighted by Gasteiger charge is 2.11. The van der Waals surface area contributed by atoms with E-state index in [2.05, 4.69) is 24.1 Å². The predicted octanol–water partition coefficient (Wildman–Crippen LogP) is 8.01. The van der Waals surface area contributed by atoms with Gasteiger partial charge in [-0.3, -0.25) is 4.79 Å². The molecule has 0 saturated carbocycles. The molecule has 5 aromatic rings. The third-order valence-corrected chi connectivity index (χ3v) is 6.44. The first-order valence-electron chi connectivity index (χ1n) is 11.3. The summed E-state index contributed by atoms with van der Waals surface area (Å²) in [5.74, 6) is 1.48. The molecule has 5 rings (SSSR count). The summed E-state index contributed by atoms with van der Waals surface area (Å²) in [4.78, 5) is 16.9. The Bertz CT molecular complexity index is 1560. The number of amides is 1. The second-order valence-corrected chi connectivity index (χ2v) is 9.34. The Labute approximate surface area is 218 Å². The Kier molecular flexibility index (Phi) is 6.68. The van der Waals surface area contributed by atoms with Crippen LogP contribution in [0, 0.1) is 13.8 Å². The molecule has 0 saturated heterocycles. The normalized spacial score (nSPS) is 11.4. The lowest BCUT2D eigenvalue weighted by molar-refractivity contribution is -0.116. The van der Waals surface area contributed by atoms with E-state index in [4.69, 9.17) is 32.0 Å². The van der Waals surface area contributed by atoms with Crippen LogP contribution in [0.4, 0.5) is 0 Å². The molecule has 0 radical (unpaired) electrons. The average molecular weight is 517 g/mol. The summed E-state index contributed by atoms with van der Waals surface area (Å²) in [6.45, 7) is 4.50. The molecule has 1 amide bonds. The van der Waals surface area contributed by atoms with Gasteiger partial charge in [-0.25, -0.2) is 4.98 Å². The maximum absolute atomic E-state index is 12.3. The largest absolute Gasteiger partial charge is 0.457 e. The Morgan fingerprint density at radius 3 is 2.50 bits per heavy atom. The van der Waals surface area contributed by atoms with E-state index in [1.807, 2.05) is 36.4 Å². The summed E-state index contributed by atoms with van der Waals surface area (Å²) in [7, 11) is 0. The zero-order valence-electron chi connectivity index (χ0n) is 19.6. The maximum atomic E-state index is 12.3. The average Bonchev–Trinajstić information content (AvgIpc) is 3.49. The number of aryl methyl sites for hydroxylation is 2. The van der Waals surface area contributed by atoms with Crippen molar-refractivity contribution in [1.29, 1.82) is 0 Å². The van der Waals surface area contributed by atoms with Crippen LogP contribution in [0.15, 0.2) is 81.6 Å². The second-order valence-electron chi connectivity index (χ2n) is 8.50. The monoisotopic (exact) mass is 516 g/mol. The van der Waals surface area contributed by atoms with E-state index in [0.29, 0.717) is 34.0 Å². The van der Waals surface area contributed by atoms with Crippen LogP contribution < -0.4 is 5.32 Å². The zero-order chi connectivity index (χ0) is 25.2. The summed E-state index contributed by atoms with van der Waals surface area (Å²) >= 11 is 12.2. The van der Waals surface area contributed by atoms with Crippen molar-refractivity contribution in [2.45, 2.75) is 20.4 Å². The lowest BCUT2D eigenvalue weighted by Gasteiger charge is -2.03. The van der Waals surface area contributed by atoms with Crippen LogP contribution >= 0.6 is 23.2 Å². The quantitative estimate of drug-likeness (QED) is 0.232. The number of fused-ring (bicyclic) bond motifs is 1. The van der Waals surface area contributed by atoms with Crippen LogP contribution in [-0.2, 0) is 11.3 Å². The molecule has 0 aliphatic heterocycles. The van der Waals surface area contributed by atoms with E-state index < -0.39 is 0 Å². The predicted molar refractivity (Wildman–Crippen MR) is 144 cm³/mol. The fraction of sp³-hybridized carbons (Fsp3) is 0.103. The third kappa shape index (κ3) is 5.23. The van der Waals surface area contributed by atoms with Crippen LogP contribution in [0.2, 0.25) is 10.0 Å². The number of furan rings is 1. The molecule has 5 nitrogen and oxygen atoms in total. The van der Waals surface area contributed by atoms with Gasteiger partial charge in [-0.05, 0) is 91.2 Å². The minimum Gasteiger partial charge on any atom is -0.457 e. The van der Waals surface area contributed by atoms with Gasteiger partial charge in [-0.1, -0.05) is 35.3 Å². The number of aromatic nitrogens is 1. The number of nitrogens with zero attached hydrogens (tertiary/aromatic N) is 1. The molecule has 0 spiro atoms. The number of hydrogen-bond acceptors (Lipinski definition) is 4. The lowest BCUT2D eigenvalue weighted by atomic mass is 10.1. The number of halogens is 2. The van der Waals surface area contributed by atoms with Crippen LogP contribution in [0.3, 0.4) is 0 Å². The lowest BCUT2D eigenvalue weighted by Crippen LogP contribution is -2.20. The van der Waals surface area contributed by atoms with Crippen molar-refractivity contribution in [3.63, 3.8) is 0 Å². The van der Waals surface area contributed by atoms with Crippen molar-refractivity contribution in [2.75, 3.05) is 0 Å². The summed E-state index contributed by atoms with van der Waals surface area (Å²) in [5, 5.41) is 3.93. The highest BCUT2D eigenvalue weighted by atomic mass is 35.5. The molecular weight excluding hydrogens is 495 g/mol. The van der Waals surface area contributed by atoms with E-state index in [1.54, 1.807) is 36.4 Å². The number of hydrogen-bond donors (Lipinski definition) is 1. The Balaban J connectivity index is 1.19. The van der Waals surface area contributed by atoms with Gasteiger partial charge in [0.1, 0.15) is 17.0 Å². The van der Waals surface area contributed by atoms with Gasteiger partial charge in [0.25, 0.3) is 0 Å².